The van der Waals surface area contributed by atoms with Crippen molar-refractivity contribution < 1.29 is 9.90 Å². The molecular formula is C9H6INO2. The zero-order valence-electron chi connectivity index (χ0n) is 6.84. The van der Waals surface area contributed by atoms with Gasteiger partial charge in [-0.05, 0) is 41.6 Å². The second-order valence-corrected chi connectivity index (χ2v) is 3.68. The Morgan fingerprint density at radius 1 is 1.62 bits per heavy atom. The second-order valence-electron chi connectivity index (χ2n) is 2.52. The molecule has 0 unspecified atom stereocenters. The summed E-state index contributed by atoms with van der Waals surface area (Å²) >= 11 is 1.95. The Balaban J connectivity index is 3.39. The van der Waals surface area contributed by atoms with Crippen molar-refractivity contribution in [2.75, 3.05) is 0 Å². The van der Waals surface area contributed by atoms with Gasteiger partial charge in [0.05, 0.1) is 11.1 Å². The van der Waals surface area contributed by atoms with E-state index in [4.69, 9.17) is 5.26 Å². The van der Waals surface area contributed by atoms with Crippen molar-refractivity contribution in [1.82, 2.24) is 0 Å². The SMILES string of the molecule is CC(=O)c1cc(I)c(C#N)cc1O. The molecule has 1 N–H and O–H groups in total. The van der Waals surface area contributed by atoms with Gasteiger partial charge in [-0.2, -0.15) is 5.26 Å². The zero-order chi connectivity index (χ0) is 10.0. The lowest BCUT2D eigenvalue weighted by Gasteiger charge is -2.02. The number of nitriles is 1. The first kappa shape index (κ1) is 9.99. The molecule has 1 rings (SSSR count). The summed E-state index contributed by atoms with van der Waals surface area (Å²) in [5.41, 5.74) is 0.631. The Bertz CT molecular complexity index is 407. The Labute approximate surface area is 89.1 Å². The fourth-order valence-electron chi connectivity index (χ4n) is 0.929. The van der Waals surface area contributed by atoms with Gasteiger partial charge in [-0.3, -0.25) is 4.79 Å². The topological polar surface area (TPSA) is 61.1 Å². The smallest absolute Gasteiger partial charge is 0.163 e. The molecule has 1 aromatic rings. The van der Waals surface area contributed by atoms with Crippen LogP contribution in [0.3, 0.4) is 0 Å². The van der Waals surface area contributed by atoms with Crippen LogP contribution in [-0.2, 0) is 0 Å². The van der Waals surface area contributed by atoms with Gasteiger partial charge >= 0.3 is 0 Å². The third kappa shape index (κ3) is 1.98. The fraction of sp³-hybridized carbons (Fsp3) is 0.111. The number of halogens is 1. The first-order valence-electron chi connectivity index (χ1n) is 3.50. The van der Waals surface area contributed by atoms with E-state index in [1.165, 1.54) is 19.1 Å². The molecule has 0 amide bonds. The van der Waals surface area contributed by atoms with Crippen LogP contribution in [0.25, 0.3) is 0 Å². The van der Waals surface area contributed by atoms with E-state index in [1.54, 1.807) is 0 Å². The molecule has 0 saturated carbocycles. The first-order chi connectivity index (χ1) is 6.06. The maximum atomic E-state index is 11.0. The highest BCUT2D eigenvalue weighted by atomic mass is 127. The van der Waals surface area contributed by atoms with Crippen LogP contribution in [0, 0.1) is 14.9 Å². The van der Waals surface area contributed by atoms with Gasteiger partial charge in [0.15, 0.2) is 5.78 Å². The molecule has 3 nitrogen and oxygen atoms in total. The van der Waals surface area contributed by atoms with Crippen LogP contribution >= 0.6 is 22.6 Å². The number of Topliss-reactive ketones (excluding diaryl/α,β-unsaturated/α-hetero) is 1. The molecule has 4 heteroatoms. The van der Waals surface area contributed by atoms with Gasteiger partial charge in [-0.25, -0.2) is 0 Å². The normalized spacial score (nSPS) is 9.31. The van der Waals surface area contributed by atoms with E-state index in [0.717, 1.165) is 0 Å². The summed E-state index contributed by atoms with van der Waals surface area (Å²) in [6.07, 6.45) is 0. The minimum atomic E-state index is -0.208. The van der Waals surface area contributed by atoms with Gasteiger partial charge in [-0.1, -0.05) is 0 Å². The molecule has 0 bridgehead atoms. The molecule has 0 aliphatic carbocycles. The molecule has 0 fully saturated rings. The average molecular weight is 287 g/mol. The van der Waals surface area contributed by atoms with Crippen molar-refractivity contribution in [2.45, 2.75) is 6.92 Å². The van der Waals surface area contributed by atoms with Crippen molar-refractivity contribution in [3.63, 3.8) is 0 Å². The maximum absolute atomic E-state index is 11.0. The number of carbonyl (C=O) groups excluding carboxylic acids is 1. The second kappa shape index (κ2) is 3.75. The van der Waals surface area contributed by atoms with Crippen LogP contribution in [0.4, 0.5) is 0 Å². The van der Waals surface area contributed by atoms with Crippen molar-refractivity contribution in [3.8, 4) is 11.8 Å². The number of ketones is 1. The number of rotatable bonds is 1. The van der Waals surface area contributed by atoms with Crippen LogP contribution in [0.15, 0.2) is 12.1 Å². The highest BCUT2D eigenvalue weighted by Crippen LogP contribution is 2.23. The van der Waals surface area contributed by atoms with Crippen LogP contribution < -0.4 is 0 Å². The minimum absolute atomic E-state index is 0.135. The van der Waals surface area contributed by atoms with E-state index in [-0.39, 0.29) is 17.1 Å². The number of aromatic hydroxyl groups is 1. The van der Waals surface area contributed by atoms with Crippen molar-refractivity contribution in [2.24, 2.45) is 0 Å². The number of carbonyl (C=O) groups is 1. The van der Waals surface area contributed by atoms with Crippen LogP contribution in [0.2, 0.25) is 0 Å². The highest BCUT2D eigenvalue weighted by Gasteiger charge is 2.10. The van der Waals surface area contributed by atoms with E-state index in [0.29, 0.717) is 9.13 Å². The van der Waals surface area contributed by atoms with Gasteiger partial charge in [0.25, 0.3) is 0 Å². The summed E-state index contributed by atoms with van der Waals surface area (Å²) in [5.74, 6) is -0.343. The Morgan fingerprint density at radius 3 is 2.69 bits per heavy atom. The summed E-state index contributed by atoms with van der Waals surface area (Å²) in [5, 5.41) is 18.0. The monoisotopic (exact) mass is 287 g/mol. The summed E-state index contributed by atoms with van der Waals surface area (Å²) < 4.78 is 0.670. The summed E-state index contributed by atoms with van der Waals surface area (Å²) in [6, 6.07) is 4.74. The lowest BCUT2D eigenvalue weighted by Crippen LogP contribution is -1.95. The molecule has 0 saturated heterocycles. The molecule has 0 spiro atoms. The standard InChI is InChI=1S/C9H6INO2/c1-5(12)7-3-8(10)6(4-11)2-9(7)13/h2-3,13H,1H3. The van der Waals surface area contributed by atoms with Crippen LogP contribution in [0.1, 0.15) is 22.8 Å². The number of benzene rings is 1. The molecule has 0 aromatic heterocycles. The van der Waals surface area contributed by atoms with E-state index < -0.39 is 0 Å². The lowest BCUT2D eigenvalue weighted by molar-refractivity contribution is 0.101. The number of hydrogen-bond donors (Lipinski definition) is 1. The van der Waals surface area contributed by atoms with E-state index in [2.05, 4.69) is 0 Å². The van der Waals surface area contributed by atoms with Crippen LogP contribution in [0.5, 0.6) is 5.75 Å². The largest absolute Gasteiger partial charge is 0.507 e. The molecule has 0 aliphatic heterocycles. The lowest BCUT2D eigenvalue weighted by atomic mass is 10.1. The molecule has 1 aromatic carbocycles. The molecular weight excluding hydrogens is 281 g/mol. The Morgan fingerprint density at radius 2 is 2.23 bits per heavy atom. The molecule has 0 atom stereocenters. The van der Waals surface area contributed by atoms with Crippen molar-refractivity contribution in [1.29, 1.82) is 5.26 Å². The highest BCUT2D eigenvalue weighted by molar-refractivity contribution is 14.1. The number of nitrogens with zero attached hydrogens (tertiary/aromatic N) is 1. The summed E-state index contributed by atoms with van der Waals surface area (Å²) in [6.45, 7) is 1.37. The van der Waals surface area contributed by atoms with Gasteiger partial charge in [-0.15, -0.1) is 0 Å². The van der Waals surface area contributed by atoms with Gasteiger partial charge in [0.2, 0.25) is 0 Å². The van der Waals surface area contributed by atoms with Gasteiger partial charge < -0.3 is 5.11 Å². The minimum Gasteiger partial charge on any atom is -0.507 e. The number of hydrogen-bond acceptors (Lipinski definition) is 3. The molecule has 0 heterocycles. The van der Waals surface area contributed by atoms with Gasteiger partial charge in [0.1, 0.15) is 11.8 Å². The molecule has 66 valence electrons. The average Bonchev–Trinajstić information content (AvgIpc) is 2.07. The summed E-state index contributed by atoms with van der Waals surface area (Å²) in [7, 11) is 0. The first-order valence-corrected chi connectivity index (χ1v) is 4.57. The quantitative estimate of drug-likeness (QED) is 0.635. The van der Waals surface area contributed by atoms with E-state index >= 15 is 0 Å². The number of phenolic OH excluding ortho intramolecular Hbond substituents is 1. The molecule has 0 radical (unpaired) electrons. The van der Waals surface area contributed by atoms with E-state index in [1.807, 2.05) is 28.7 Å². The number of phenols is 1. The predicted molar refractivity (Wildman–Crippen MR) is 55.5 cm³/mol. The maximum Gasteiger partial charge on any atom is 0.163 e. The van der Waals surface area contributed by atoms with Crippen molar-refractivity contribution in [3.05, 3.63) is 26.8 Å². The van der Waals surface area contributed by atoms with E-state index in [9.17, 15) is 9.90 Å². The zero-order valence-corrected chi connectivity index (χ0v) is 8.99. The third-order valence-electron chi connectivity index (χ3n) is 1.59. The predicted octanol–water partition coefficient (Wildman–Crippen LogP) is 2.07. The van der Waals surface area contributed by atoms with Gasteiger partial charge in [0, 0.05) is 3.57 Å². The Hall–Kier alpha value is -1.09. The fourth-order valence-corrected chi connectivity index (χ4v) is 1.52. The third-order valence-corrected chi connectivity index (χ3v) is 2.48. The van der Waals surface area contributed by atoms with Crippen molar-refractivity contribution >= 4 is 28.4 Å². The molecule has 0 aliphatic rings. The molecule has 13 heavy (non-hydrogen) atoms. The summed E-state index contributed by atoms with van der Waals surface area (Å²) in [4.78, 5) is 11.0. The van der Waals surface area contributed by atoms with Crippen LogP contribution in [-0.4, -0.2) is 10.9 Å². The Kier molecular flexibility index (Phi) is 2.88.